The van der Waals surface area contributed by atoms with E-state index in [-0.39, 0.29) is 5.82 Å². The van der Waals surface area contributed by atoms with Crippen LogP contribution in [0.5, 0.6) is 5.75 Å². The van der Waals surface area contributed by atoms with Gasteiger partial charge in [0.05, 0.1) is 6.61 Å². The van der Waals surface area contributed by atoms with Gasteiger partial charge in [0, 0.05) is 34.0 Å². The van der Waals surface area contributed by atoms with Crippen molar-refractivity contribution in [3.63, 3.8) is 0 Å². The van der Waals surface area contributed by atoms with E-state index in [1.165, 1.54) is 11.6 Å². The summed E-state index contributed by atoms with van der Waals surface area (Å²) < 4.78 is 20.9. The van der Waals surface area contributed by atoms with E-state index in [0.29, 0.717) is 13.1 Å². The number of benzene rings is 2. The summed E-state index contributed by atoms with van der Waals surface area (Å²) in [6, 6.07) is 8.89. The van der Waals surface area contributed by atoms with Crippen LogP contribution >= 0.6 is 31.9 Å². The zero-order valence-electron chi connectivity index (χ0n) is 11.3. The number of halogens is 3. The molecule has 1 aliphatic heterocycles. The van der Waals surface area contributed by atoms with E-state index in [1.54, 1.807) is 12.1 Å². The fourth-order valence-corrected chi connectivity index (χ4v) is 3.43. The zero-order chi connectivity index (χ0) is 14.8. The van der Waals surface area contributed by atoms with Gasteiger partial charge < -0.3 is 10.1 Å². The highest BCUT2D eigenvalue weighted by Gasteiger charge is 2.17. The molecule has 0 atom stereocenters. The first-order valence-electron chi connectivity index (χ1n) is 6.72. The smallest absolute Gasteiger partial charge is 0.127 e. The molecule has 2 aromatic rings. The van der Waals surface area contributed by atoms with Crippen LogP contribution in [-0.4, -0.2) is 6.61 Å². The minimum absolute atomic E-state index is 0.221. The lowest BCUT2D eigenvalue weighted by Gasteiger charge is -2.11. The van der Waals surface area contributed by atoms with Gasteiger partial charge in [-0.15, -0.1) is 0 Å². The second-order valence-electron chi connectivity index (χ2n) is 4.99. The minimum atomic E-state index is -0.221. The maximum absolute atomic E-state index is 13.3. The largest absolute Gasteiger partial charge is 0.493 e. The van der Waals surface area contributed by atoms with Crippen LogP contribution in [-0.2, 0) is 19.5 Å². The highest BCUT2D eigenvalue weighted by molar-refractivity contribution is 9.10. The number of rotatable bonds is 4. The van der Waals surface area contributed by atoms with E-state index in [1.807, 2.05) is 0 Å². The highest BCUT2D eigenvalue weighted by Crippen LogP contribution is 2.33. The molecule has 0 fully saturated rings. The molecule has 0 saturated heterocycles. The van der Waals surface area contributed by atoms with Crippen molar-refractivity contribution in [1.82, 2.24) is 5.32 Å². The van der Waals surface area contributed by atoms with Crippen LogP contribution in [0.1, 0.15) is 16.7 Å². The number of ether oxygens (including phenoxy) is 1. The summed E-state index contributed by atoms with van der Waals surface area (Å²) in [4.78, 5) is 0. The van der Waals surface area contributed by atoms with Crippen molar-refractivity contribution in [3.05, 3.63) is 61.8 Å². The third-order valence-electron chi connectivity index (χ3n) is 3.46. The monoisotopic (exact) mass is 413 g/mol. The van der Waals surface area contributed by atoms with Gasteiger partial charge in [0.2, 0.25) is 0 Å². The summed E-state index contributed by atoms with van der Waals surface area (Å²) >= 11 is 6.97. The molecule has 3 rings (SSSR count). The number of hydrogen-bond acceptors (Lipinski definition) is 2. The second kappa shape index (κ2) is 6.46. The van der Waals surface area contributed by atoms with Gasteiger partial charge in [-0.05, 0) is 41.5 Å². The van der Waals surface area contributed by atoms with Crippen LogP contribution in [0.15, 0.2) is 39.3 Å². The Balaban J connectivity index is 1.70. The fraction of sp³-hybridized carbons (Fsp3) is 0.250. The van der Waals surface area contributed by atoms with Crippen molar-refractivity contribution in [2.24, 2.45) is 0 Å². The summed E-state index contributed by atoms with van der Waals surface area (Å²) in [5.41, 5.74) is 3.28. The number of hydrogen-bond donors (Lipinski definition) is 1. The molecule has 2 aromatic carbocycles. The Bertz CT molecular complexity index is 676. The van der Waals surface area contributed by atoms with Gasteiger partial charge in [-0.2, -0.15) is 0 Å². The molecule has 2 nitrogen and oxygen atoms in total. The molecule has 21 heavy (non-hydrogen) atoms. The standard InChI is InChI=1S/C16H14Br2FNO/c17-13-5-10-3-4-21-16(10)12(6-13)9-20-8-11-7-14(19)1-2-15(11)18/h1-2,5-7,20H,3-4,8-9H2. The minimum Gasteiger partial charge on any atom is -0.493 e. The summed E-state index contributed by atoms with van der Waals surface area (Å²) in [7, 11) is 0. The third-order valence-corrected chi connectivity index (χ3v) is 4.70. The van der Waals surface area contributed by atoms with Gasteiger partial charge in [0.1, 0.15) is 11.6 Å². The predicted molar refractivity (Wildman–Crippen MR) is 88.0 cm³/mol. The van der Waals surface area contributed by atoms with Crippen LogP contribution in [0.3, 0.4) is 0 Å². The molecule has 0 radical (unpaired) electrons. The molecule has 1 N–H and O–H groups in total. The van der Waals surface area contributed by atoms with E-state index in [2.05, 4.69) is 49.3 Å². The fourth-order valence-electron chi connectivity index (χ4n) is 2.49. The lowest BCUT2D eigenvalue weighted by Crippen LogP contribution is -2.14. The molecule has 0 aliphatic carbocycles. The molecular weight excluding hydrogens is 401 g/mol. The average molecular weight is 415 g/mol. The summed E-state index contributed by atoms with van der Waals surface area (Å²) in [5.74, 6) is 0.769. The van der Waals surface area contributed by atoms with Crippen molar-refractivity contribution in [2.75, 3.05) is 6.61 Å². The molecule has 110 valence electrons. The van der Waals surface area contributed by atoms with Crippen molar-refractivity contribution in [3.8, 4) is 5.75 Å². The molecule has 0 aromatic heterocycles. The third kappa shape index (κ3) is 3.47. The SMILES string of the molecule is Fc1ccc(Br)c(CNCc2cc(Br)cc3c2OCC3)c1. The van der Waals surface area contributed by atoms with Crippen LogP contribution in [0.25, 0.3) is 0 Å². The van der Waals surface area contributed by atoms with Crippen molar-refractivity contribution < 1.29 is 9.13 Å². The Hall–Kier alpha value is -0.910. The lowest BCUT2D eigenvalue weighted by molar-refractivity contribution is 0.352. The van der Waals surface area contributed by atoms with Gasteiger partial charge in [0.25, 0.3) is 0 Å². The Morgan fingerprint density at radius 2 is 1.90 bits per heavy atom. The van der Waals surface area contributed by atoms with Crippen LogP contribution in [0.2, 0.25) is 0 Å². The maximum Gasteiger partial charge on any atom is 0.127 e. The predicted octanol–water partition coefficient (Wildman–Crippen LogP) is 4.58. The van der Waals surface area contributed by atoms with E-state index in [9.17, 15) is 4.39 Å². The molecule has 0 amide bonds. The van der Waals surface area contributed by atoms with E-state index >= 15 is 0 Å². The van der Waals surface area contributed by atoms with Crippen molar-refractivity contribution >= 4 is 31.9 Å². The normalized spacial score (nSPS) is 13.1. The second-order valence-corrected chi connectivity index (χ2v) is 6.76. The van der Waals surface area contributed by atoms with Gasteiger partial charge >= 0.3 is 0 Å². The summed E-state index contributed by atoms with van der Waals surface area (Å²) in [6.07, 6.45) is 0.956. The Labute approximate surface area is 140 Å². The molecule has 0 saturated carbocycles. The Kier molecular flexibility index (Phi) is 4.62. The van der Waals surface area contributed by atoms with Crippen molar-refractivity contribution in [1.29, 1.82) is 0 Å². The quantitative estimate of drug-likeness (QED) is 0.790. The van der Waals surface area contributed by atoms with Gasteiger partial charge in [-0.3, -0.25) is 0 Å². The van der Waals surface area contributed by atoms with Gasteiger partial charge in [-0.25, -0.2) is 4.39 Å². The molecule has 1 heterocycles. The van der Waals surface area contributed by atoms with E-state index in [0.717, 1.165) is 38.8 Å². The van der Waals surface area contributed by atoms with Crippen molar-refractivity contribution in [2.45, 2.75) is 19.5 Å². The summed E-state index contributed by atoms with van der Waals surface area (Å²) in [5, 5.41) is 3.35. The van der Waals surface area contributed by atoms with Gasteiger partial charge in [0.15, 0.2) is 0 Å². The van der Waals surface area contributed by atoms with Crippen LogP contribution < -0.4 is 10.1 Å². The average Bonchev–Trinajstić information content (AvgIpc) is 2.90. The first-order chi connectivity index (χ1) is 10.1. The molecule has 0 bridgehead atoms. The highest BCUT2D eigenvalue weighted by atomic mass is 79.9. The summed E-state index contributed by atoms with van der Waals surface area (Å²) in [6.45, 7) is 2.03. The van der Waals surface area contributed by atoms with E-state index < -0.39 is 0 Å². The first kappa shape index (κ1) is 15.0. The first-order valence-corrected chi connectivity index (χ1v) is 8.31. The van der Waals surface area contributed by atoms with Gasteiger partial charge in [-0.1, -0.05) is 31.9 Å². The number of fused-ring (bicyclic) bond motifs is 1. The molecule has 1 aliphatic rings. The topological polar surface area (TPSA) is 21.3 Å². The zero-order valence-corrected chi connectivity index (χ0v) is 14.4. The lowest BCUT2D eigenvalue weighted by atomic mass is 10.1. The Morgan fingerprint density at radius 3 is 2.76 bits per heavy atom. The number of nitrogens with one attached hydrogen (secondary N) is 1. The Morgan fingerprint density at radius 1 is 1.10 bits per heavy atom. The molecule has 5 heteroatoms. The van der Waals surface area contributed by atoms with E-state index in [4.69, 9.17) is 4.74 Å². The molecule has 0 unspecified atom stereocenters. The maximum atomic E-state index is 13.3. The molecule has 0 spiro atoms. The van der Waals surface area contributed by atoms with Crippen LogP contribution in [0.4, 0.5) is 4.39 Å². The molecular formula is C16H14Br2FNO. The van der Waals surface area contributed by atoms with Crippen LogP contribution in [0, 0.1) is 5.82 Å².